The normalized spacial score (nSPS) is 11.5. The molecule has 0 saturated heterocycles. The summed E-state index contributed by atoms with van der Waals surface area (Å²) in [4.78, 5) is 8.08. The number of nitrogen functional groups attached to an aromatic ring is 1. The van der Waals surface area contributed by atoms with E-state index in [0.29, 0.717) is 0 Å². The molecular formula is C14H16N4S. The molecule has 0 atom stereocenters. The highest BCUT2D eigenvalue weighted by molar-refractivity contribution is 7.13. The average molecular weight is 272 g/mol. The molecule has 0 aliphatic carbocycles. The summed E-state index contributed by atoms with van der Waals surface area (Å²) in [6, 6.07) is 8.01. The van der Waals surface area contributed by atoms with Crippen molar-refractivity contribution in [1.82, 2.24) is 14.3 Å². The van der Waals surface area contributed by atoms with Gasteiger partial charge in [-0.05, 0) is 37.7 Å². The number of rotatable bonds is 3. The third-order valence-electron chi connectivity index (χ3n) is 2.96. The number of anilines is 1. The van der Waals surface area contributed by atoms with E-state index in [1.54, 1.807) is 11.3 Å². The molecule has 0 amide bonds. The zero-order chi connectivity index (χ0) is 13.4. The Hall–Kier alpha value is -1.85. The summed E-state index contributed by atoms with van der Waals surface area (Å²) >= 11 is 1.71. The summed E-state index contributed by atoms with van der Waals surface area (Å²) in [5, 5.41) is 2.08. The molecule has 0 aliphatic rings. The average Bonchev–Trinajstić information content (AvgIpc) is 2.97. The highest BCUT2D eigenvalue weighted by Crippen LogP contribution is 2.29. The summed E-state index contributed by atoms with van der Waals surface area (Å²) in [6.07, 6.45) is 1.94. The van der Waals surface area contributed by atoms with Crippen LogP contribution in [-0.2, 0) is 6.54 Å². The highest BCUT2D eigenvalue weighted by Gasteiger charge is 2.15. The highest BCUT2D eigenvalue weighted by atomic mass is 32.1. The lowest BCUT2D eigenvalue weighted by molar-refractivity contribution is 0.396. The van der Waals surface area contributed by atoms with Gasteiger partial charge in [0.1, 0.15) is 11.3 Å². The van der Waals surface area contributed by atoms with E-state index in [-0.39, 0.29) is 0 Å². The Morgan fingerprint density at radius 1 is 1.32 bits per heavy atom. The van der Waals surface area contributed by atoms with Crippen LogP contribution in [0.5, 0.6) is 0 Å². The Bertz CT molecular complexity index is 698. The van der Waals surface area contributed by atoms with Crippen molar-refractivity contribution >= 4 is 22.7 Å². The largest absolute Gasteiger partial charge is 0.398 e. The van der Waals surface area contributed by atoms with Crippen LogP contribution in [0, 0.1) is 0 Å². The van der Waals surface area contributed by atoms with Crippen LogP contribution in [0.1, 0.15) is 5.69 Å². The number of aromatic nitrogens is 2. The Morgan fingerprint density at radius 2 is 2.16 bits per heavy atom. The Labute approximate surface area is 116 Å². The van der Waals surface area contributed by atoms with Crippen molar-refractivity contribution in [2.45, 2.75) is 6.54 Å². The molecule has 3 heterocycles. The Kier molecular flexibility index (Phi) is 3.00. The second-order valence-corrected chi connectivity index (χ2v) is 5.76. The van der Waals surface area contributed by atoms with Crippen LogP contribution in [0.4, 0.5) is 5.69 Å². The van der Waals surface area contributed by atoms with E-state index in [2.05, 4.69) is 40.9 Å². The monoisotopic (exact) mass is 272 g/mol. The molecule has 0 bridgehead atoms. The van der Waals surface area contributed by atoms with Gasteiger partial charge in [-0.3, -0.25) is 4.40 Å². The van der Waals surface area contributed by atoms with Crippen molar-refractivity contribution in [2.24, 2.45) is 0 Å². The van der Waals surface area contributed by atoms with Crippen molar-refractivity contribution in [3.05, 3.63) is 41.5 Å². The van der Waals surface area contributed by atoms with E-state index < -0.39 is 0 Å². The summed E-state index contributed by atoms with van der Waals surface area (Å²) in [5.41, 5.74) is 9.81. The Morgan fingerprint density at radius 3 is 2.84 bits per heavy atom. The van der Waals surface area contributed by atoms with Crippen LogP contribution < -0.4 is 5.73 Å². The quantitative estimate of drug-likeness (QED) is 0.797. The number of hydrogen-bond acceptors (Lipinski definition) is 4. The fraction of sp³-hybridized carbons (Fsp3) is 0.214. The van der Waals surface area contributed by atoms with E-state index in [1.165, 1.54) is 10.6 Å². The van der Waals surface area contributed by atoms with Crippen LogP contribution in [0.15, 0.2) is 35.8 Å². The zero-order valence-electron chi connectivity index (χ0n) is 11.0. The second kappa shape index (κ2) is 4.68. The lowest BCUT2D eigenvalue weighted by Crippen LogP contribution is -2.13. The van der Waals surface area contributed by atoms with E-state index >= 15 is 0 Å². The molecule has 98 valence electrons. The third-order valence-corrected chi connectivity index (χ3v) is 3.84. The first kappa shape index (κ1) is 12.2. The van der Waals surface area contributed by atoms with Crippen LogP contribution >= 0.6 is 11.3 Å². The van der Waals surface area contributed by atoms with E-state index in [1.807, 2.05) is 18.3 Å². The molecule has 0 fully saturated rings. The molecule has 0 saturated carbocycles. The van der Waals surface area contributed by atoms with E-state index in [4.69, 9.17) is 10.7 Å². The first-order valence-corrected chi connectivity index (χ1v) is 6.98. The predicted molar refractivity (Wildman–Crippen MR) is 80.3 cm³/mol. The number of imidazole rings is 1. The smallest absolute Gasteiger partial charge is 0.137 e. The molecule has 3 aromatic rings. The van der Waals surface area contributed by atoms with Gasteiger partial charge in [-0.2, -0.15) is 0 Å². The first-order chi connectivity index (χ1) is 9.15. The van der Waals surface area contributed by atoms with Crippen LogP contribution in [0.2, 0.25) is 0 Å². The van der Waals surface area contributed by atoms with Crippen LogP contribution in [0.25, 0.3) is 16.2 Å². The van der Waals surface area contributed by atoms with Crippen molar-refractivity contribution < 1.29 is 0 Å². The molecule has 0 aromatic carbocycles. The number of thiophene rings is 1. The second-order valence-electron chi connectivity index (χ2n) is 4.81. The summed E-state index contributed by atoms with van der Waals surface area (Å²) in [6.45, 7) is 0.831. The van der Waals surface area contributed by atoms with Crippen LogP contribution in [0.3, 0.4) is 0 Å². The number of nitrogens with zero attached hydrogens (tertiary/aromatic N) is 3. The standard InChI is InChI=1S/C14H16N4S/c1-17(2)9-11-14(12-4-3-7-19-12)16-13-6-5-10(15)8-18(11)13/h3-8H,9,15H2,1-2H3. The van der Waals surface area contributed by atoms with Crippen LogP contribution in [-0.4, -0.2) is 28.4 Å². The maximum absolute atomic E-state index is 5.89. The molecule has 0 unspecified atom stereocenters. The minimum atomic E-state index is 0.752. The Balaban J connectivity index is 2.25. The van der Waals surface area contributed by atoms with Gasteiger partial charge in [0.15, 0.2) is 0 Å². The lowest BCUT2D eigenvalue weighted by atomic mass is 10.2. The summed E-state index contributed by atoms with van der Waals surface area (Å²) in [7, 11) is 4.12. The first-order valence-electron chi connectivity index (χ1n) is 6.10. The van der Waals surface area contributed by atoms with Gasteiger partial charge in [0.05, 0.1) is 10.6 Å². The molecule has 5 heteroatoms. The fourth-order valence-electron chi connectivity index (χ4n) is 2.17. The van der Waals surface area contributed by atoms with Crippen molar-refractivity contribution in [2.75, 3.05) is 19.8 Å². The molecule has 3 aromatic heterocycles. The third kappa shape index (κ3) is 2.22. The van der Waals surface area contributed by atoms with E-state index in [9.17, 15) is 0 Å². The van der Waals surface area contributed by atoms with Gasteiger partial charge in [-0.15, -0.1) is 11.3 Å². The summed E-state index contributed by atoms with van der Waals surface area (Å²) < 4.78 is 2.09. The molecule has 0 spiro atoms. The van der Waals surface area contributed by atoms with Gasteiger partial charge in [0.25, 0.3) is 0 Å². The number of hydrogen-bond donors (Lipinski definition) is 1. The number of pyridine rings is 1. The van der Waals surface area contributed by atoms with E-state index in [0.717, 1.165) is 23.6 Å². The van der Waals surface area contributed by atoms with Gasteiger partial charge in [0.2, 0.25) is 0 Å². The van der Waals surface area contributed by atoms with Crippen molar-refractivity contribution in [3.63, 3.8) is 0 Å². The fourth-order valence-corrected chi connectivity index (χ4v) is 2.91. The predicted octanol–water partition coefficient (Wildman–Crippen LogP) is 2.71. The van der Waals surface area contributed by atoms with Gasteiger partial charge in [-0.1, -0.05) is 6.07 Å². The SMILES string of the molecule is CN(C)Cc1c(-c2cccs2)nc2ccc(N)cn12. The molecule has 3 rings (SSSR count). The van der Waals surface area contributed by atoms with Crippen molar-refractivity contribution in [1.29, 1.82) is 0 Å². The number of fused-ring (bicyclic) bond motifs is 1. The van der Waals surface area contributed by atoms with Gasteiger partial charge in [-0.25, -0.2) is 4.98 Å². The van der Waals surface area contributed by atoms with Crippen molar-refractivity contribution in [3.8, 4) is 10.6 Å². The minimum absolute atomic E-state index is 0.752. The van der Waals surface area contributed by atoms with Gasteiger partial charge >= 0.3 is 0 Å². The maximum Gasteiger partial charge on any atom is 0.137 e. The summed E-state index contributed by atoms with van der Waals surface area (Å²) in [5.74, 6) is 0. The maximum atomic E-state index is 5.89. The minimum Gasteiger partial charge on any atom is -0.398 e. The molecule has 0 radical (unpaired) electrons. The topological polar surface area (TPSA) is 46.6 Å². The molecule has 19 heavy (non-hydrogen) atoms. The molecule has 0 aliphatic heterocycles. The van der Waals surface area contributed by atoms with Gasteiger partial charge in [0, 0.05) is 18.4 Å². The zero-order valence-corrected chi connectivity index (χ0v) is 11.8. The molecule has 2 N–H and O–H groups in total. The van der Waals surface area contributed by atoms with Gasteiger partial charge < -0.3 is 10.6 Å². The molecule has 4 nitrogen and oxygen atoms in total. The molecular weight excluding hydrogens is 256 g/mol. The number of nitrogens with two attached hydrogens (primary N) is 1. The lowest BCUT2D eigenvalue weighted by Gasteiger charge is -2.11.